The fraction of sp³-hybridized carbons (Fsp3) is 0.529. The second-order valence-electron chi connectivity index (χ2n) is 6.86. The molecule has 0 aliphatic heterocycles. The van der Waals surface area contributed by atoms with Gasteiger partial charge in [-0.3, -0.25) is 0 Å². The smallest absolute Gasteiger partial charge is 0.200 e. The third-order valence-corrected chi connectivity index (χ3v) is 8.58. The highest BCUT2D eigenvalue weighted by Gasteiger charge is 2.36. The Hall–Kier alpha value is -1.20. The zero-order chi connectivity index (χ0) is 17.0. The Morgan fingerprint density at radius 2 is 1.68 bits per heavy atom. The topological polar surface area (TPSA) is 18.5 Å². The highest BCUT2D eigenvalue weighted by Crippen LogP contribution is 2.36. The van der Waals surface area contributed by atoms with Gasteiger partial charge >= 0.3 is 0 Å². The minimum atomic E-state index is -1.76. The zero-order valence-electron chi connectivity index (χ0n) is 14.3. The third-order valence-electron chi connectivity index (χ3n) is 4.08. The van der Waals surface area contributed by atoms with Crippen molar-refractivity contribution in [2.75, 3.05) is 13.2 Å². The molecule has 0 heterocycles. The van der Waals surface area contributed by atoms with Crippen LogP contribution in [0.15, 0.2) is 24.3 Å². The molecule has 0 saturated heterocycles. The molecular formula is C17H26F2O2Si. The van der Waals surface area contributed by atoms with Crippen molar-refractivity contribution in [2.24, 2.45) is 0 Å². The summed E-state index contributed by atoms with van der Waals surface area (Å²) < 4.78 is 38.0. The van der Waals surface area contributed by atoms with Crippen molar-refractivity contribution >= 4 is 8.32 Å². The first-order valence-electron chi connectivity index (χ1n) is 7.42. The highest BCUT2D eigenvalue weighted by molar-refractivity contribution is 6.74. The molecule has 22 heavy (non-hydrogen) atoms. The normalized spacial score (nSPS) is 12.9. The number of ether oxygens (including phenoxy) is 1. The van der Waals surface area contributed by atoms with Crippen molar-refractivity contribution in [3.63, 3.8) is 0 Å². The average molecular weight is 328 g/mol. The Bertz CT molecular complexity index is 534. The lowest BCUT2D eigenvalue weighted by Gasteiger charge is -2.35. The maximum Gasteiger partial charge on any atom is 0.200 e. The Morgan fingerprint density at radius 1 is 1.09 bits per heavy atom. The molecule has 0 aliphatic carbocycles. The van der Waals surface area contributed by atoms with Crippen LogP contribution < -0.4 is 4.74 Å². The number of halogens is 2. The summed E-state index contributed by atoms with van der Waals surface area (Å²) >= 11 is 0. The average Bonchev–Trinajstić information content (AvgIpc) is 2.40. The Labute approximate surface area is 133 Å². The molecule has 0 radical (unpaired) electrons. The molecule has 1 rings (SSSR count). The summed E-state index contributed by atoms with van der Waals surface area (Å²) in [7, 11) is -1.76. The Morgan fingerprint density at radius 3 is 2.27 bits per heavy atom. The van der Waals surface area contributed by atoms with Crippen molar-refractivity contribution in [3.8, 4) is 5.75 Å². The molecule has 5 heteroatoms. The first kappa shape index (κ1) is 18.8. The summed E-state index contributed by atoms with van der Waals surface area (Å²) in [5, 5.41) is 0.166. The summed E-state index contributed by atoms with van der Waals surface area (Å²) in [6, 6.07) is 2.60. The van der Waals surface area contributed by atoms with E-state index < -0.39 is 20.0 Å². The van der Waals surface area contributed by atoms with E-state index in [1.807, 2.05) is 6.08 Å². The maximum absolute atomic E-state index is 13.6. The van der Waals surface area contributed by atoms with Crippen LogP contribution in [0.5, 0.6) is 5.75 Å². The molecular weight excluding hydrogens is 302 g/mol. The summed E-state index contributed by atoms with van der Waals surface area (Å²) in [6.45, 7) is 13.3. The minimum Gasteiger partial charge on any atom is -0.486 e. The van der Waals surface area contributed by atoms with Gasteiger partial charge < -0.3 is 9.16 Å². The Balaban J connectivity index is 2.48. The molecule has 0 fully saturated rings. The SMILES string of the molecule is Cc1ccc(F)c(F)c1OCC=CCO[Si](C)(C)C(C)(C)C. The van der Waals surface area contributed by atoms with Gasteiger partial charge in [-0.1, -0.05) is 32.9 Å². The van der Waals surface area contributed by atoms with E-state index in [-0.39, 0.29) is 17.4 Å². The molecule has 2 nitrogen and oxygen atoms in total. The van der Waals surface area contributed by atoms with Crippen LogP contribution in [0.3, 0.4) is 0 Å². The number of hydrogen-bond acceptors (Lipinski definition) is 2. The Kier molecular flexibility index (Phi) is 6.32. The summed E-state index contributed by atoms with van der Waals surface area (Å²) in [5.41, 5.74) is 0.574. The number of hydrogen-bond donors (Lipinski definition) is 0. The summed E-state index contributed by atoms with van der Waals surface area (Å²) in [4.78, 5) is 0. The molecule has 0 saturated carbocycles. The number of benzene rings is 1. The van der Waals surface area contributed by atoms with E-state index in [9.17, 15) is 8.78 Å². The van der Waals surface area contributed by atoms with Crippen molar-refractivity contribution in [1.82, 2.24) is 0 Å². The van der Waals surface area contributed by atoms with Crippen LogP contribution in [0.1, 0.15) is 26.3 Å². The second kappa shape index (κ2) is 7.37. The molecule has 1 aromatic rings. The van der Waals surface area contributed by atoms with Gasteiger partial charge in [-0.2, -0.15) is 4.39 Å². The molecule has 0 amide bonds. The first-order valence-corrected chi connectivity index (χ1v) is 10.3. The van der Waals surface area contributed by atoms with Gasteiger partial charge in [0.2, 0.25) is 5.82 Å². The van der Waals surface area contributed by atoms with Gasteiger partial charge in [-0.05, 0) is 42.8 Å². The van der Waals surface area contributed by atoms with Crippen molar-refractivity contribution in [2.45, 2.75) is 45.8 Å². The molecule has 0 atom stereocenters. The van der Waals surface area contributed by atoms with E-state index in [0.29, 0.717) is 12.2 Å². The lowest BCUT2D eigenvalue weighted by atomic mass is 10.2. The molecule has 1 aromatic carbocycles. The van der Waals surface area contributed by atoms with E-state index >= 15 is 0 Å². The summed E-state index contributed by atoms with van der Waals surface area (Å²) in [5.74, 6) is -1.87. The predicted molar refractivity (Wildman–Crippen MR) is 88.9 cm³/mol. The first-order chi connectivity index (χ1) is 10.1. The fourth-order valence-corrected chi connectivity index (χ4v) is 2.49. The molecule has 0 unspecified atom stereocenters. The van der Waals surface area contributed by atoms with Crippen LogP contribution >= 0.6 is 0 Å². The zero-order valence-corrected chi connectivity index (χ0v) is 15.3. The lowest BCUT2D eigenvalue weighted by molar-refractivity contribution is 0.318. The van der Waals surface area contributed by atoms with Crippen LogP contribution in [0.2, 0.25) is 18.1 Å². The van der Waals surface area contributed by atoms with E-state index in [1.165, 1.54) is 6.07 Å². The van der Waals surface area contributed by atoms with Gasteiger partial charge in [0.15, 0.2) is 19.9 Å². The monoisotopic (exact) mass is 328 g/mol. The molecule has 124 valence electrons. The van der Waals surface area contributed by atoms with Crippen molar-refractivity contribution in [3.05, 3.63) is 41.5 Å². The highest BCUT2D eigenvalue weighted by atomic mass is 28.4. The molecule has 0 spiro atoms. The minimum absolute atomic E-state index is 0.0324. The fourth-order valence-electron chi connectivity index (χ4n) is 1.55. The molecule has 0 aliphatic rings. The lowest BCUT2D eigenvalue weighted by Crippen LogP contribution is -2.40. The van der Waals surface area contributed by atoms with Crippen LogP contribution in [0.4, 0.5) is 8.78 Å². The van der Waals surface area contributed by atoms with Crippen LogP contribution in [0, 0.1) is 18.6 Å². The van der Waals surface area contributed by atoms with Gasteiger partial charge in [0.25, 0.3) is 0 Å². The van der Waals surface area contributed by atoms with Crippen molar-refractivity contribution in [1.29, 1.82) is 0 Å². The summed E-state index contributed by atoms with van der Waals surface area (Å²) in [6.07, 6.45) is 3.62. The van der Waals surface area contributed by atoms with Gasteiger partial charge in [-0.15, -0.1) is 0 Å². The van der Waals surface area contributed by atoms with Gasteiger partial charge in [0.1, 0.15) is 6.61 Å². The van der Waals surface area contributed by atoms with E-state index in [2.05, 4.69) is 33.9 Å². The second-order valence-corrected chi connectivity index (χ2v) is 11.7. The molecule has 0 bridgehead atoms. The maximum atomic E-state index is 13.6. The van der Waals surface area contributed by atoms with Crippen molar-refractivity contribution < 1.29 is 17.9 Å². The van der Waals surface area contributed by atoms with Gasteiger partial charge in [0, 0.05) is 0 Å². The van der Waals surface area contributed by atoms with Crippen LogP contribution in [0.25, 0.3) is 0 Å². The largest absolute Gasteiger partial charge is 0.486 e. The molecule has 0 aromatic heterocycles. The number of aryl methyl sites for hydroxylation is 1. The van der Waals surface area contributed by atoms with Crippen LogP contribution in [-0.2, 0) is 4.43 Å². The quantitative estimate of drug-likeness (QED) is 0.526. The van der Waals surface area contributed by atoms with E-state index in [1.54, 1.807) is 13.0 Å². The standard InChI is InChI=1S/C17H26F2O2Si/c1-13-9-10-14(18)15(19)16(13)20-11-7-8-12-21-22(5,6)17(2,3)4/h7-10H,11-12H2,1-6H3. The van der Waals surface area contributed by atoms with Crippen LogP contribution in [-0.4, -0.2) is 21.5 Å². The van der Waals surface area contributed by atoms with E-state index in [0.717, 1.165) is 6.07 Å². The number of rotatable bonds is 6. The van der Waals surface area contributed by atoms with E-state index in [4.69, 9.17) is 9.16 Å². The van der Waals surface area contributed by atoms with Gasteiger partial charge in [0.05, 0.1) is 6.61 Å². The predicted octanol–water partition coefficient (Wildman–Crippen LogP) is 5.23. The molecule has 0 N–H and O–H groups in total. The van der Waals surface area contributed by atoms with Gasteiger partial charge in [-0.25, -0.2) is 4.39 Å². The third kappa shape index (κ3) is 4.92.